The Bertz CT molecular complexity index is 321. The summed E-state index contributed by atoms with van der Waals surface area (Å²) in [6.45, 7) is 11.3. The third kappa shape index (κ3) is 4.23. The lowest BCUT2D eigenvalue weighted by atomic mass is 10.1. The summed E-state index contributed by atoms with van der Waals surface area (Å²) in [6, 6.07) is 6.32. The first-order valence-electron chi connectivity index (χ1n) is 6.06. The van der Waals surface area contributed by atoms with Crippen LogP contribution >= 0.6 is 0 Å². The molecule has 0 aliphatic carbocycles. The normalized spacial score (nSPS) is 10.8. The van der Waals surface area contributed by atoms with E-state index in [1.54, 1.807) is 0 Å². The molecule has 0 radical (unpaired) electrons. The van der Waals surface area contributed by atoms with Crippen molar-refractivity contribution in [2.45, 2.75) is 34.2 Å². The topological polar surface area (TPSA) is 21.3 Å². The van der Waals surface area contributed by atoms with Crippen LogP contribution in [0.2, 0.25) is 0 Å². The molecule has 1 aromatic carbocycles. The van der Waals surface area contributed by atoms with Crippen molar-refractivity contribution in [3.63, 3.8) is 0 Å². The molecule has 0 unspecified atom stereocenters. The smallest absolute Gasteiger partial charge is 0.119 e. The molecule has 0 aliphatic rings. The zero-order valence-corrected chi connectivity index (χ0v) is 10.8. The molecule has 0 heterocycles. The summed E-state index contributed by atoms with van der Waals surface area (Å²) in [4.78, 5) is 0. The number of hydrogen-bond donors (Lipinski definition) is 1. The van der Waals surface area contributed by atoms with E-state index in [0.717, 1.165) is 25.4 Å². The highest BCUT2D eigenvalue weighted by Gasteiger charge is 2.01. The average Bonchev–Trinajstić information content (AvgIpc) is 2.25. The van der Waals surface area contributed by atoms with Crippen LogP contribution in [0.25, 0.3) is 0 Å². The standard InChI is InChI=1S/C14H23NO/c1-5-15-9-13-6-7-14(8-12(13)4)16-10-11(2)3/h6-8,11,15H,5,9-10H2,1-4H3. The van der Waals surface area contributed by atoms with Gasteiger partial charge in [0.15, 0.2) is 0 Å². The van der Waals surface area contributed by atoms with Gasteiger partial charge in [0.25, 0.3) is 0 Å². The van der Waals surface area contributed by atoms with E-state index in [1.165, 1.54) is 11.1 Å². The van der Waals surface area contributed by atoms with Gasteiger partial charge in [-0.15, -0.1) is 0 Å². The maximum absolute atomic E-state index is 5.69. The first kappa shape index (κ1) is 13.0. The first-order chi connectivity index (χ1) is 7.63. The summed E-state index contributed by atoms with van der Waals surface area (Å²) in [7, 11) is 0. The van der Waals surface area contributed by atoms with Crippen molar-refractivity contribution in [2.75, 3.05) is 13.2 Å². The summed E-state index contributed by atoms with van der Waals surface area (Å²) in [5.74, 6) is 1.55. The first-order valence-corrected chi connectivity index (χ1v) is 6.06. The zero-order chi connectivity index (χ0) is 12.0. The second-order valence-corrected chi connectivity index (χ2v) is 4.57. The minimum atomic E-state index is 0.571. The van der Waals surface area contributed by atoms with E-state index in [0.29, 0.717) is 5.92 Å². The van der Waals surface area contributed by atoms with E-state index >= 15 is 0 Å². The van der Waals surface area contributed by atoms with Crippen molar-refractivity contribution in [2.24, 2.45) is 5.92 Å². The third-order valence-corrected chi connectivity index (χ3v) is 2.46. The van der Waals surface area contributed by atoms with Crippen LogP contribution in [0.5, 0.6) is 5.75 Å². The molecule has 1 N–H and O–H groups in total. The molecule has 0 spiro atoms. The molecule has 0 bridgehead atoms. The minimum Gasteiger partial charge on any atom is -0.493 e. The van der Waals surface area contributed by atoms with Crippen LogP contribution in [0.3, 0.4) is 0 Å². The number of hydrogen-bond acceptors (Lipinski definition) is 2. The minimum absolute atomic E-state index is 0.571. The van der Waals surface area contributed by atoms with Crippen LogP contribution in [0.1, 0.15) is 31.9 Å². The molecule has 0 fully saturated rings. The van der Waals surface area contributed by atoms with Crippen molar-refractivity contribution in [1.82, 2.24) is 5.32 Å². The van der Waals surface area contributed by atoms with Gasteiger partial charge < -0.3 is 10.1 Å². The summed E-state index contributed by atoms with van der Waals surface area (Å²) >= 11 is 0. The maximum Gasteiger partial charge on any atom is 0.119 e. The van der Waals surface area contributed by atoms with Crippen molar-refractivity contribution < 1.29 is 4.74 Å². The zero-order valence-electron chi connectivity index (χ0n) is 10.8. The Morgan fingerprint density at radius 1 is 1.31 bits per heavy atom. The van der Waals surface area contributed by atoms with Gasteiger partial charge in [-0.25, -0.2) is 0 Å². The van der Waals surface area contributed by atoms with Crippen LogP contribution in [0.15, 0.2) is 18.2 Å². The van der Waals surface area contributed by atoms with Crippen LogP contribution < -0.4 is 10.1 Å². The Balaban J connectivity index is 2.59. The monoisotopic (exact) mass is 221 g/mol. The van der Waals surface area contributed by atoms with Gasteiger partial charge in [-0.1, -0.05) is 26.8 Å². The van der Waals surface area contributed by atoms with E-state index < -0.39 is 0 Å². The van der Waals surface area contributed by atoms with E-state index in [2.05, 4.69) is 51.2 Å². The lowest BCUT2D eigenvalue weighted by Crippen LogP contribution is -2.12. The third-order valence-electron chi connectivity index (χ3n) is 2.46. The predicted molar refractivity (Wildman–Crippen MR) is 68.9 cm³/mol. The molecule has 90 valence electrons. The molecular formula is C14H23NO. The van der Waals surface area contributed by atoms with Crippen LogP contribution in [0.4, 0.5) is 0 Å². The summed E-state index contributed by atoms with van der Waals surface area (Å²) in [5.41, 5.74) is 2.64. The number of benzene rings is 1. The van der Waals surface area contributed by atoms with Gasteiger partial charge in [-0.3, -0.25) is 0 Å². The lowest BCUT2D eigenvalue weighted by molar-refractivity contribution is 0.271. The number of rotatable bonds is 6. The highest BCUT2D eigenvalue weighted by molar-refractivity contribution is 5.34. The van der Waals surface area contributed by atoms with Crippen LogP contribution in [-0.2, 0) is 6.54 Å². The fraction of sp³-hybridized carbons (Fsp3) is 0.571. The van der Waals surface area contributed by atoms with Crippen molar-refractivity contribution in [3.8, 4) is 5.75 Å². The van der Waals surface area contributed by atoms with Gasteiger partial charge in [0, 0.05) is 6.54 Å². The Kier molecular flexibility index (Phi) is 5.33. The fourth-order valence-electron chi connectivity index (χ4n) is 1.48. The summed E-state index contributed by atoms with van der Waals surface area (Å²) < 4.78 is 5.69. The van der Waals surface area contributed by atoms with Gasteiger partial charge in [0.2, 0.25) is 0 Å². The van der Waals surface area contributed by atoms with Gasteiger partial charge >= 0.3 is 0 Å². The molecule has 0 aliphatic heterocycles. The van der Waals surface area contributed by atoms with E-state index in [-0.39, 0.29) is 0 Å². The second-order valence-electron chi connectivity index (χ2n) is 4.57. The Labute approximate surface area is 99.0 Å². The number of nitrogens with one attached hydrogen (secondary N) is 1. The van der Waals surface area contributed by atoms with E-state index in [1.807, 2.05) is 0 Å². The largest absolute Gasteiger partial charge is 0.493 e. The van der Waals surface area contributed by atoms with Crippen LogP contribution in [-0.4, -0.2) is 13.2 Å². The molecule has 2 nitrogen and oxygen atoms in total. The van der Waals surface area contributed by atoms with Gasteiger partial charge in [-0.05, 0) is 42.6 Å². The maximum atomic E-state index is 5.69. The molecule has 0 atom stereocenters. The van der Waals surface area contributed by atoms with Crippen molar-refractivity contribution >= 4 is 0 Å². The molecular weight excluding hydrogens is 198 g/mol. The molecule has 0 saturated carbocycles. The predicted octanol–water partition coefficient (Wildman–Crippen LogP) is 3.14. The molecule has 1 aromatic rings. The number of ether oxygens (including phenoxy) is 1. The second kappa shape index (κ2) is 6.54. The molecule has 2 heteroatoms. The van der Waals surface area contributed by atoms with Gasteiger partial charge in [0.1, 0.15) is 5.75 Å². The highest BCUT2D eigenvalue weighted by Crippen LogP contribution is 2.17. The van der Waals surface area contributed by atoms with Gasteiger partial charge in [0.05, 0.1) is 6.61 Å². The molecule has 16 heavy (non-hydrogen) atoms. The molecule has 1 rings (SSSR count). The quantitative estimate of drug-likeness (QED) is 0.797. The van der Waals surface area contributed by atoms with Crippen molar-refractivity contribution in [3.05, 3.63) is 29.3 Å². The van der Waals surface area contributed by atoms with E-state index in [9.17, 15) is 0 Å². The van der Waals surface area contributed by atoms with E-state index in [4.69, 9.17) is 4.74 Å². The Hall–Kier alpha value is -1.02. The summed E-state index contributed by atoms with van der Waals surface area (Å²) in [6.07, 6.45) is 0. The average molecular weight is 221 g/mol. The molecule has 0 amide bonds. The molecule has 0 aromatic heterocycles. The van der Waals surface area contributed by atoms with Crippen LogP contribution in [0, 0.1) is 12.8 Å². The fourth-order valence-corrected chi connectivity index (χ4v) is 1.48. The number of aryl methyl sites for hydroxylation is 1. The molecule has 0 saturated heterocycles. The highest BCUT2D eigenvalue weighted by atomic mass is 16.5. The Morgan fingerprint density at radius 3 is 2.62 bits per heavy atom. The Morgan fingerprint density at radius 2 is 2.06 bits per heavy atom. The van der Waals surface area contributed by atoms with Crippen molar-refractivity contribution in [1.29, 1.82) is 0 Å². The lowest BCUT2D eigenvalue weighted by Gasteiger charge is -2.11. The SMILES string of the molecule is CCNCc1ccc(OCC(C)C)cc1C. The summed E-state index contributed by atoms with van der Waals surface area (Å²) in [5, 5.41) is 3.33. The van der Waals surface area contributed by atoms with Gasteiger partial charge in [-0.2, -0.15) is 0 Å².